The molecule has 0 radical (unpaired) electrons. The average Bonchev–Trinajstić information content (AvgIpc) is 3.53. The Hall–Kier alpha value is -3.02. The fourth-order valence-electron chi connectivity index (χ4n) is 4.42. The lowest BCUT2D eigenvalue weighted by Gasteiger charge is -2.35. The van der Waals surface area contributed by atoms with Gasteiger partial charge in [0.25, 0.3) is 0 Å². The summed E-state index contributed by atoms with van der Waals surface area (Å²) >= 11 is 0. The maximum Gasteiger partial charge on any atom is 0.246 e. The van der Waals surface area contributed by atoms with Crippen molar-refractivity contribution >= 4 is 21.1 Å². The largest absolute Gasteiger partial charge is 0.465 e. The van der Waals surface area contributed by atoms with E-state index in [0.717, 1.165) is 28.8 Å². The molecule has 10 nitrogen and oxygen atoms in total. The van der Waals surface area contributed by atoms with Gasteiger partial charge in [-0.15, -0.1) is 0 Å². The van der Waals surface area contributed by atoms with E-state index in [4.69, 9.17) is 4.42 Å². The molecule has 0 aliphatic carbocycles. The normalized spacial score (nSPS) is 17.1. The molecule has 0 saturated carbocycles. The highest BCUT2D eigenvalue weighted by atomic mass is 32.2. The first-order valence-electron chi connectivity index (χ1n) is 10.9. The number of aryl methyl sites for hydroxylation is 2. The Balaban J connectivity index is 1.23. The third kappa shape index (κ3) is 4.07. The third-order valence-electron chi connectivity index (χ3n) is 6.15. The molecule has 0 aromatic carbocycles. The molecular weight excluding hydrogens is 442 g/mol. The summed E-state index contributed by atoms with van der Waals surface area (Å²) in [6, 6.07) is 3.70. The van der Waals surface area contributed by atoms with Crippen molar-refractivity contribution in [3.8, 4) is 11.3 Å². The van der Waals surface area contributed by atoms with Gasteiger partial charge in [0.05, 0.1) is 17.9 Å². The van der Waals surface area contributed by atoms with Crippen LogP contribution >= 0.6 is 0 Å². The molecule has 1 aliphatic rings. The van der Waals surface area contributed by atoms with Crippen LogP contribution in [0.3, 0.4) is 0 Å². The van der Waals surface area contributed by atoms with E-state index >= 15 is 0 Å². The standard InChI is InChI=1S/C22H27N7O3S/c1-15(29-13-18(11-26-29)21-19-4-5-23-22(19)25-14-24-21)12-27-6-8-28(9-7-27)33(30,31)20-10-16(2)32-17(20)3/h4-5,10-11,13-15H,6-9,12H2,1-3H3,(H,23,24,25). The van der Waals surface area contributed by atoms with Crippen LogP contribution in [0, 0.1) is 13.8 Å². The zero-order chi connectivity index (χ0) is 23.2. The van der Waals surface area contributed by atoms with Crippen LogP contribution in [0.15, 0.2) is 46.4 Å². The number of fused-ring (bicyclic) bond motifs is 1. The van der Waals surface area contributed by atoms with Crippen LogP contribution in [0.2, 0.25) is 0 Å². The molecule has 174 valence electrons. The Morgan fingerprint density at radius 1 is 1.18 bits per heavy atom. The van der Waals surface area contributed by atoms with Gasteiger partial charge in [-0.25, -0.2) is 18.4 Å². The average molecular weight is 470 g/mol. The number of H-pyrrole nitrogens is 1. The molecule has 1 unspecified atom stereocenters. The molecule has 0 spiro atoms. The lowest BCUT2D eigenvalue weighted by Crippen LogP contribution is -2.49. The molecule has 4 aromatic heterocycles. The van der Waals surface area contributed by atoms with Gasteiger partial charge in [0.2, 0.25) is 10.0 Å². The molecule has 1 saturated heterocycles. The first-order chi connectivity index (χ1) is 15.8. The van der Waals surface area contributed by atoms with Gasteiger partial charge in [0, 0.05) is 56.1 Å². The Morgan fingerprint density at radius 2 is 1.97 bits per heavy atom. The molecule has 0 bridgehead atoms. The third-order valence-corrected chi connectivity index (χ3v) is 8.15. The molecule has 0 amide bonds. The van der Waals surface area contributed by atoms with E-state index in [-0.39, 0.29) is 10.9 Å². The fourth-order valence-corrected chi connectivity index (χ4v) is 6.06. The Kier molecular flexibility index (Phi) is 5.55. The zero-order valence-corrected chi connectivity index (χ0v) is 19.7. The number of sulfonamides is 1. The lowest BCUT2D eigenvalue weighted by atomic mass is 10.2. The smallest absolute Gasteiger partial charge is 0.246 e. The van der Waals surface area contributed by atoms with Crippen LogP contribution in [0.25, 0.3) is 22.3 Å². The number of nitrogens with one attached hydrogen (secondary N) is 1. The number of hydrogen-bond acceptors (Lipinski definition) is 7. The molecule has 5 heterocycles. The summed E-state index contributed by atoms with van der Waals surface area (Å²) < 4.78 is 34.9. The van der Waals surface area contributed by atoms with Crippen molar-refractivity contribution in [1.29, 1.82) is 0 Å². The highest BCUT2D eigenvalue weighted by Crippen LogP contribution is 2.26. The number of nitrogens with zero attached hydrogens (tertiary/aromatic N) is 6. The fraction of sp³-hybridized carbons (Fsp3) is 0.409. The van der Waals surface area contributed by atoms with Crippen molar-refractivity contribution in [2.24, 2.45) is 0 Å². The monoisotopic (exact) mass is 469 g/mol. The zero-order valence-electron chi connectivity index (χ0n) is 18.9. The Bertz CT molecular complexity index is 1380. The predicted molar refractivity (Wildman–Crippen MR) is 123 cm³/mol. The minimum absolute atomic E-state index is 0.129. The van der Waals surface area contributed by atoms with E-state index in [2.05, 4.69) is 31.9 Å². The summed E-state index contributed by atoms with van der Waals surface area (Å²) in [6.45, 7) is 8.60. The quantitative estimate of drug-likeness (QED) is 0.462. The number of aromatic amines is 1. The minimum atomic E-state index is -3.54. The van der Waals surface area contributed by atoms with Crippen LogP contribution in [0.4, 0.5) is 0 Å². The topological polar surface area (TPSA) is 113 Å². The summed E-state index contributed by atoms with van der Waals surface area (Å²) in [5, 5.41) is 5.52. The molecule has 33 heavy (non-hydrogen) atoms. The van der Waals surface area contributed by atoms with Gasteiger partial charge in [-0.1, -0.05) is 0 Å². The van der Waals surface area contributed by atoms with Crippen LogP contribution < -0.4 is 0 Å². The van der Waals surface area contributed by atoms with Crippen molar-refractivity contribution in [3.05, 3.63) is 48.6 Å². The van der Waals surface area contributed by atoms with Gasteiger partial charge >= 0.3 is 0 Å². The summed E-state index contributed by atoms with van der Waals surface area (Å²) in [5.41, 5.74) is 2.59. The van der Waals surface area contributed by atoms with E-state index in [0.29, 0.717) is 37.7 Å². The highest BCUT2D eigenvalue weighted by molar-refractivity contribution is 7.89. The van der Waals surface area contributed by atoms with Gasteiger partial charge in [0.15, 0.2) is 0 Å². The molecular formula is C22H27N7O3S. The molecule has 1 fully saturated rings. The number of furan rings is 1. The summed E-state index contributed by atoms with van der Waals surface area (Å²) in [7, 11) is -3.54. The maximum absolute atomic E-state index is 13.0. The first kappa shape index (κ1) is 21.8. The van der Waals surface area contributed by atoms with E-state index in [1.807, 2.05) is 29.3 Å². The van der Waals surface area contributed by atoms with Gasteiger partial charge in [-0.2, -0.15) is 9.40 Å². The summed E-state index contributed by atoms with van der Waals surface area (Å²) in [6.07, 6.45) is 7.23. The van der Waals surface area contributed by atoms with Crippen molar-refractivity contribution in [2.75, 3.05) is 32.7 Å². The van der Waals surface area contributed by atoms with Crippen LogP contribution in [-0.2, 0) is 10.0 Å². The highest BCUT2D eigenvalue weighted by Gasteiger charge is 2.31. The number of piperazine rings is 1. The maximum atomic E-state index is 13.0. The molecule has 1 aliphatic heterocycles. The molecule has 11 heteroatoms. The van der Waals surface area contributed by atoms with E-state index in [9.17, 15) is 8.42 Å². The first-order valence-corrected chi connectivity index (χ1v) is 12.4. The van der Waals surface area contributed by atoms with Crippen LogP contribution in [0.1, 0.15) is 24.5 Å². The SMILES string of the molecule is Cc1cc(S(=O)(=O)N2CCN(CC(C)n3cc(-c4ncnc5[nH]ccc45)cn3)CC2)c(C)o1. The van der Waals surface area contributed by atoms with E-state index in [1.165, 1.54) is 0 Å². The minimum Gasteiger partial charge on any atom is -0.465 e. The number of rotatable bonds is 6. The molecule has 5 rings (SSSR count). The van der Waals surface area contributed by atoms with Gasteiger partial charge in [-0.05, 0) is 32.9 Å². The number of aromatic nitrogens is 5. The van der Waals surface area contributed by atoms with Gasteiger partial charge in [-0.3, -0.25) is 9.58 Å². The van der Waals surface area contributed by atoms with Crippen molar-refractivity contribution in [2.45, 2.75) is 31.7 Å². The van der Waals surface area contributed by atoms with E-state index in [1.54, 1.807) is 30.5 Å². The summed E-state index contributed by atoms with van der Waals surface area (Å²) in [4.78, 5) is 14.3. The predicted octanol–water partition coefficient (Wildman–Crippen LogP) is 2.60. The molecule has 1 N–H and O–H groups in total. The number of hydrogen-bond donors (Lipinski definition) is 1. The van der Waals surface area contributed by atoms with Gasteiger partial charge < -0.3 is 9.40 Å². The Morgan fingerprint density at radius 3 is 2.70 bits per heavy atom. The van der Waals surface area contributed by atoms with Crippen molar-refractivity contribution in [1.82, 2.24) is 33.9 Å². The Labute approximate surface area is 192 Å². The van der Waals surface area contributed by atoms with E-state index < -0.39 is 10.0 Å². The molecule has 1 atom stereocenters. The molecule has 4 aromatic rings. The van der Waals surface area contributed by atoms with Crippen molar-refractivity contribution < 1.29 is 12.8 Å². The van der Waals surface area contributed by atoms with Gasteiger partial charge in [0.1, 0.15) is 28.4 Å². The second-order valence-electron chi connectivity index (χ2n) is 8.50. The van der Waals surface area contributed by atoms with Crippen LogP contribution in [-0.4, -0.2) is 75.1 Å². The van der Waals surface area contributed by atoms with Crippen LogP contribution in [0.5, 0.6) is 0 Å². The second-order valence-corrected chi connectivity index (χ2v) is 10.4. The van der Waals surface area contributed by atoms with Crippen molar-refractivity contribution in [3.63, 3.8) is 0 Å². The summed E-state index contributed by atoms with van der Waals surface area (Å²) in [5.74, 6) is 1.05. The lowest BCUT2D eigenvalue weighted by molar-refractivity contribution is 0.166. The second kappa shape index (κ2) is 8.40.